The van der Waals surface area contributed by atoms with Crippen molar-refractivity contribution >= 4 is 21.4 Å². The Balaban J connectivity index is 1.98. The fourth-order valence-electron chi connectivity index (χ4n) is 2.98. The zero-order valence-corrected chi connectivity index (χ0v) is 15.1. The normalized spacial score (nSPS) is 17.2. The lowest BCUT2D eigenvalue weighted by atomic mass is 10.2. The smallest absolute Gasteiger partial charge is 0.243 e. The highest BCUT2D eigenvalue weighted by Gasteiger charge is 2.25. The number of thiophene rings is 1. The molecule has 120 valence electrons. The van der Waals surface area contributed by atoms with Gasteiger partial charge in [0.05, 0.1) is 4.90 Å². The quantitative estimate of drug-likeness (QED) is 0.805. The summed E-state index contributed by atoms with van der Waals surface area (Å²) in [5.41, 5.74) is 0. The van der Waals surface area contributed by atoms with E-state index in [1.54, 1.807) is 24.5 Å². The molecule has 0 unspecified atom stereocenters. The minimum Gasteiger partial charge on any atom is -0.302 e. The molecule has 1 aliphatic rings. The van der Waals surface area contributed by atoms with E-state index >= 15 is 0 Å². The van der Waals surface area contributed by atoms with Crippen molar-refractivity contribution in [1.29, 1.82) is 0 Å². The monoisotopic (exact) mass is 330 g/mol. The van der Waals surface area contributed by atoms with Crippen LogP contribution in [0.25, 0.3) is 0 Å². The van der Waals surface area contributed by atoms with E-state index in [9.17, 15) is 8.42 Å². The van der Waals surface area contributed by atoms with Gasteiger partial charge in [-0.15, -0.1) is 11.3 Å². The largest absolute Gasteiger partial charge is 0.302 e. The van der Waals surface area contributed by atoms with Crippen molar-refractivity contribution in [3.8, 4) is 0 Å². The van der Waals surface area contributed by atoms with Gasteiger partial charge in [0.2, 0.25) is 10.0 Å². The van der Waals surface area contributed by atoms with E-state index < -0.39 is 10.0 Å². The average molecular weight is 331 g/mol. The Hall–Kier alpha value is -0.430. The zero-order valence-electron chi connectivity index (χ0n) is 13.4. The van der Waals surface area contributed by atoms with E-state index in [2.05, 4.69) is 11.9 Å². The summed E-state index contributed by atoms with van der Waals surface area (Å²) >= 11 is 1.54. The molecule has 0 aliphatic heterocycles. The van der Waals surface area contributed by atoms with Crippen molar-refractivity contribution in [2.45, 2.75) is 50.5 Å². The first kappa shape index (κ1) is 16.9. The van der Waals surface area contributed by atoms with Gasteiger partial charge < -0.3 is 4.90 Å². The molecule has 0 radical (unpaired) electrons. The van der Waals surface area contributed by atoms with Gasteiger partial charge in [-0.25, -0.2) is 8.42 Å². The second-order valence-electron chi connectivity index (χ2n) is 6.02. The summed E-state index contributed by atoms with van der Waals surface area (Å²) < 4.78 is 26.7. The van der Waals surface area contributed by atoms with Crippen molar-refractivity contribution < 1.29 is 8.42 Å². The first-order valence-corrected chi connectivity index (χ1v) is 9.81. The molecule has 0 spiro atoms. The lowest BCUT2D eigenvalue weighted by Gasteiger charge is -2.26. The van der Waals surface area contributed by atoms with Crippen LogP contribution in [0, 0.1) is 13.8 Å². The van der Waals surface area contributed by atoms with E-state index in [4.69, 9.17) is 0 Å². The topological polar surface area (TPSA) is 40.6 Å². The number of likely N-dealkylation sites (N-methyl/N-ethyl adjacent to an activating group) is 2. The maximum atomic E-state index is 12.6. The zero-order chi connectivity index (χ0) is 15.6. The molecule has 1 aromatic rings. The van der Waals surface area contributed by atoms with E-state index in [0.29, 0.717) is 17.5 Å². The van der Waals surface area contributed by atoms with Crippen LogP contribution in [-0.4, -0.2) is 50.8 Å². The number of hydrogen-bond donors (Lipinski definition) is 0. The van der Waals surface area contributed by atoms with Gasteiger partial charge in [0.15, 0.2) is 0 Å². The molecular formula is C15H26N2O2S2. The van der Waals surface area contributed by atoms with Crippen LogP contribution in [0.4, 0.5) is 0 Å². The number of rotatable bonds is 6. The summed E-state index contributed by atoms with van der Waals surface area (Å²) in [4.78, 5) is 4.70. The van der Waals surface area contributed by atoms with Crippen LogP contribution in [0.3, 0.4) is 0 Å². The first-order valence-electron chi connectivity index (χ1n) is 7.56. The van der Waals surface area contributed by atoms with Gasteiger partial charge in [0.1, 0.15) is 0 Å². The second-order valence-corrected chi connectivity index (χ2v) is 9.50. The minimum atomic E-state index is -3.35. The maximum Gasteiger partial charge on any atom is 0.243 e. The Bertz CT molecular complexity index is 574. The molecule has 1 aromatic heterocycles. The van der Waals surface area contributed by atoms with E-state index in [0.717, 1.165) is 16.3 Å². The van der Waals surface area contributed by atoms with Crippen molar-refractivity contribution in [1.82, 2.24) is 9.21 Å². The van der Waals surface area contributed by atoms with Gasteiger partial charge in [-0.2, -0.15) is 4.31 Å². The molecule has 0 amide bonds. The summed E-state index contributed by atoms with van der Waals surface area (Å²) in [5, 5.41) is 0. The molecule has 1 heterocycles. The van der Waals surface area contributed by atoms with Gasteiger partial charge in [0.25, 0.3) is 0 Å². The summed E-state index contributed by atoms with van der Waals surface area (Å²) in [6.07, 6.45) is 5.10. The van der Waals surface area contributed by atoms with Gasteiger partial charge >= 0.3 is 0 Å². The van der Waals surface area contributed by atoms with Crippen molar-refractivity contribution in [2.75, 3.05) is 27.2 Å². The van der Waals surface area contributed by atoms with Crippen molar-refractivity contribution in [3.05, 3.63) is 15.8 Å². The third-order valence-electron chi connectivity index (χ3n) is 4.40. The van der Waals surface area contributed by atoms with E-state index in [1.165, 1.54) is 30.0 Å². The Morgan fingerprint density at radius 1 is 1.19 bits per heavy atom. The highest BCUT2D eigenvalue weighted by molar-refractivity contribution is 7.89. The van der Waals surface area contributed by atoms with Crippen LogP contribution < -0.4 is 0 Å². The first-order chi connectivity index (χ1) is 9.82. The predicted octanol–water partition coefficient (Wildman–Crippen LogP) is 2.86. The van der Waals surface area contributed by atoms with Crippen molar-refractivity contribution in [2.24, 2.45) is 0 Å². The number of aryl methyl sites for hydroxylation is 2. The summed E-state index contributed by atoms with van der Waals surface area (Å²) in [7, 11) is 0.441. The Morgan fingerprint density at radius 2 is 1.81 bits per heavy atom. The lowest BCUT2D eigenvalue weighted by molar-refractivity contribution is 0.233. The lowest BCUT2D eigenvalue weighted by Crippen LogP contribution is -2.38. The molecule has 0 atom stereocenters. The summed E-state index contributed by atoms with van der Waals surface area (Å²) in [6, 6.07) is 2.42. The molecule has 2 rings (SSSR count). The highest BCUT2D eigenvalue weighted by atomic mass is 32.2. The molecular weight excluding hydrogens is 304 g/mol. The predicted molar refractivity (Wildman–Crippen MR) is 88.5 cm³/mol. The third kappa shape index (κ3) is 3.86. The fourth-order valence-corrected chi connectivity index (χ4v) is 5.66. The van der Waals surface area contributed by atoms with E-state index in [-0.39, 0.29) is 0 Å². The molecule has 21 heavy (non-hydrogen) atoms. The molecule has 0 bridgehead atoms. The molecule has 0 saturated heterocycles. The molecule has 4 nitrogen and oxygen atoms in total. The van der Waals surface area contributed by atoms with Gasteiger partial charge in [-0.3, -0.25) is 0 Å². The van der Waals surface area contributed by atoms with Crippen LogP contribution in [0.5, 0.6) is 0 Å². The van der Waals surface area contributed by atoms with Crippen LogP contribution >= 0.6 is 11.3 Å². The highest BCUT2D eigenvalue weighted by Crippen LogP contribution is 2.27. The fraction of sp³-hybridized carbons (Fsp3) is 0.733. The number of hydrogen-bond acceptors (Lipinski definition) is 4. The minimum absolute atomic E-state index is 0.469. The third-order valence-corrected chi connectivity index (χ3v) is 7.48. The molecule has 1 saturated carbocycles. The summed E-state index contributed by atoms with van der Waals surface area (Å²) in [5.74, 6) is 0. The Morgan fingerprint density at radius 3 is 2.33 bits per heavy atom. The molecule has 1 aliphatic carbocycles. The average Bonchev–Trinajstić information content (AvgIpc) is 3.05. The SMILES string of the molecule is Cc1cc(S(=O)(=O)N(C)CCN(C)C2CCCC2)c(C)s1. The molecule has 1 fully saturated rings. The standard InChI is InChI=1S/C15H26N2O2S2/c1-12-11-15(13(2)20-12)21(18,19)17(4)10-9-16(3)14-7-5-6-8-14/h11,14H,5-10H2,1-4H3. The van der Waals surface area contributed by atoms with Crippen LogP contribution in [-0.2, 0) is 10.0 Å². The van der Waals surface area contributed by atoms with Gasteiger partial charge in [-0.05, 0) is 39.8 Å². The molecule has 0 aromatic carbocycles. The number of sulfonamides is 1. The maximum absolute atomic E-state index is 12.6. The molecule has 0 N–H and O–H groups in total. The molecule has 6 heteroatoms. The Kier molecular flexibility index (Phi) is 5.46. The van der Waals surface area contributed by atoms with Crippen LogP contribution in [0.1, 0.15) is 35.4 Å². The van der Waals surface area contributed by atoms with Crippen LogP contribution in [0.15, 0.2) is 11.0 Å². The van der Waals surface area contributed by atoms with E-state index in [1.807, 2.05) is 13.8 Å². The summed E-state index contributed by atoms with van der Waals surface area (Å²) in [6.45, 7) is 5.17. The Labute approximate surface area is 132 Å². The van der Waals surface area contributed by atoms with Gasteiger partial charge in [-0.1, -0.05) is 12.8 Å². The number of nitrogens with zero attached hydrogens (tertiary/aromatic N) is 2. The van der Waals surface area contributed by atoms with Crippen LogP contribution in [0.2, 0.25) is 0 Å². The van der Waals surface area contributed by atoms with Crippen molar-refractivity contribution in [3.63, 3.8) is 0 Å². The van der Waals surface area contributed by atoms with Gasteiger partial charge in [0, 0.05) is 35.9 Å². The second kappa shape index (κ2) is 6.77.